The Balaban J connectivity index is 1.97. The summed E-state index contributed by atoms with van der Waals surface area (Å²) in [6.07, 6.45) is 1.05. The van der Waals surface area contributed by atoms with Crippen LogP contribution in [0.25, 0.3) is 0 Å². The van der Waals surface area contributed by atoms with E-state index in [-0.39, 0.29) is 0 Å². The zero-order chi connectivity index (χ0) is 8.39. The second kappa shape index (κ2) is 3.49. The summed E-state index contributed by atoms with van der Waals surface area (Å²) in [4.78, 5) is 5.73. The highest BCUT2D eigenvalue weighted by Gasteiger charge is 2.16. The third-order valence-corrected chi connectivity index (χ3v) is 3.60. The van der Waals surface area contributed by atoms with E-state index in [0.29, 0.717) is 6.04 Å². The Bertz CT molecular complexity index is 279. The summed E-state index contributed by atoms with van der Waals surface area (Å²) in [5.74, 6) is 1.05. The van der Waals surface area contributed by atoms with Gasteiger partial charge >= 0.3 is 0 Å². The molecule has 0 saturated heterocycles. The van der Waals surface area contributed by atoms with Crippen molar-refractivity contribution in [2.75, 3.05) is 5.75 Å². The fourth-order valence-electron chi connectivity index (χ4n) is 1.20. The fraction of sp³-hybridized carbons (Fsp3) is 0.375. The molecule has 2 heterocycles. The highest BCUT2D eigenvalue weighted by atomic mass is 32.2. The van der Waals surface area contributed by atoms with Crippen molar-refractivity contribution in [1.82, 2.24) is 0 Å². The van der Waals surface area contributed by atoms with Crippen molar-refractivity contribution in [2.45, 2.75) is 12.5 Å². The Kier molecular flexibility index (Phi) is 2.37. The first-order chi connectivity index (χ1) is 5.84. The smallest absolute Gasteiger partial charge is 0.154 e. The number of rotatable bonds is 2. The molecule has 0 fully saturated rings. The third-order valence-electron chi connectivity index (χ3n) is 1.75. The van der Waals surface area contributed by atoms with Crippen LogP contribution < -0.4 is 5.73 Å². The van der Waals surface area contributed by atoms with Gasteiger partial charge in [-0.15, -0.1) is 11.3 Å². The lowest BCUT2D eigenvalue weighted by Gasteiger charge is -2.01. The number of hydrogen-bond acceptors (Lipinski definition) is 4. The molecule has 0 spiro atoms. The van der Waals surface area contributed by atoms with Gasteiger partial charge in [0.25, 0.3) is 0 Å². The van der Waals surface area contributed by atoms with Gasteiger partial charge in [-0.3, -0.25) is 4.99 Å². The molecule has 1 aromatic rings. The van der Waals surface area contributed by atoms with Crippen molar-refractivity contribution < 1.29 is 0 Å². The van der Waals surface area contributed by atoms with Crippen LogP contribution in [0, 0.1) is 0 Å². The zero-order valence-corrected chi connectivity index (χ0v) is 8.20. The van der Waals surface area contributed by atoms with E-state index in [1.54, 1.807) is 23.1 Å². The first kappa shape index (κ1) is 8.13. The minimum Gasteiger partial charge on any atom is -0.379 e. The standard InChI is InChI=1S/C8H10N2S2/c9-8-10-6(5-12-8)4-7-2-1-3-11-7/h1-3,6H,4-5H2,(H2,9,10). The molecule has 2 nitrogen and oxygen atoms in total. The maximum Gasteiger partial charge on any atom is 0.154 e. The second-order valence-electron chi connectivity index (χ2n) is 2.72. The van der Waals surface area contributed by atoms with Gasteiger partial charge in [0.05, 0.1) is 6.04 Å². The highest BCUT2D eigenvalue weighted by Crippen LogP contribution is 2.20. The average molecular weight is 198 g/mol. The van der Waals surface area contributed by atoms with Gasteiger partial charge in [-0.2, -0.15) is 0 Å². The van der Waals surface area contributed by atoms with Crippen molar-refractivity contribution in [3.8, 4) is 0 Å². The lowest BCUT2D eigenvalue weighted by Crippen LogP contribution is -2.07. The number of nitrogens with two attached hydrogens (primary N) is 1. The quantitative estimate of drug-likeness (QED) is 0.786. The van der Waals surface area contributed by atoms with Crippen molar-refractivity contribution in [3.63, 3.8) is 0 Å². The van der Waals surface area contributed by atoms with Crippen LogP contribution in [0.3, 0.4) is 0 Å². The number of thioether (sulfide) groups is 1. The maximum absolute atomic E-state index is 5.57. The van der Waals surface area contributed by atoms with Crippen molar-refractivity contribution in [2.24, 2.45) is 10.7 Å². The van der Waals surface area contributed by atoms with E-state index in [9.17, 15) is 0 Å². The van der Waals surface area contributed by atoms with E-state index in [1.807, 2.05) is 0 Å². The minimum absolute atomic E-state index is 0.411. The summed E-state index contributed by atoms with van der Waals surface area (Å²) >= 11 is 3.45. The molecular formula is C8H10N2S2. The van der Waals surface area contributed by atoms with Gasteiger partial charge in [0.1, 0.15) is 0 Å². The predicted molar refractivity (Wildman–Crippen MR) is 55.9 cm³/mol. The molecule has 0 radical (unpaired) electrons. The molecule has 12 heavy (non-hydrogen) atoms. The van der Waals surface area contributed by atoms with Crippen molar-refractivity contribution in [1.29, 1.82) is 0 Å². The molecule has 0 aromatic carbocycles. The summed E-state index contributed by atoms with van der Waals surface area (Å²) in [6.45, 7) is 0. The molecule has 0 amide bonds. The van der Waals surface area contributed by atoms with Crippen LogP contribution in [0.1, 0.15) is 4.88 Å². The van der Waals surface area contributed by atoms with Gasteiger partial charge in [-0.05, 0) is 11.4 Å². The second-order valence-corrected chi connectivity index (χ2v) is 4.79. The molecule has 1 aliphatic heterocycles. The van der Waals surface area contributed by atoms with Crippen LogP contribution in [-0.4, -0.2) is 17.0 Å². The van der Waals surface area contributed by atoms with Crippen LogP contribution in [0.2, 0.25) is 0 Å². The van der Waals surface area contributed by atoms with Gasteiger partial charge in [-0.25, -0.2) is 0 Å². The van der Waals surface area contributed by atoms with E-state index in [2.05, 4.69) is 22.5 Å². The van der Waals surface area contributed by atoms with E-state index < -0.39 is 0 Å². The van der Waals surface area contributed by atoms with Gasteiger partial charge < -0.3 is 5.73 Å². The van der Waals surface area contributed by atoms with Gasteiger partial charge in [-0.1, -0.05) is 17.8 Å². The summed E-state index contributed by atoms with van der Waals surface area (Å²) in [5, 5.41) is 2.85. The fourth-order valence-corrected chi connectivity index (χ4v) is 2.76. The monoisotopic (exact) mass is 198 g/mol. The first-order valence-corrected chi connectivity index (χ1v) is 5.69. The molecule has 1 unspecified atom stereocenters. The summed E-state index contributed by atoms with van der Waals surface area (Å²) < 4.78 is 0. The molecule has 0 bridgehead atoms. The van der Waals surface area contributed by atoms with E-state index in [4.69, 9.17) is 5.73 Å². The van der Waals surface area contributed by atoms with Crippen molar-refractivity contribution >= 4 is 28.3 Å². The zero-order valence-electron chi connectivity index (χ0n) is 6.56. The van der Waals surface area contributed by atoms with Gasteiger partial charge in [0, 0.05) is 17.1 Å². The molecule has 4 heteroatoms. The topological polar surface area (TPSA) is 38.4 Å². The Morgan fingerprint density at radius 1 is 1.67 bits per heavy atom. The molecule has 2 N–H and O–H groups in total. The molecular weight excluding hydrogens is 188 g/mol. The Labute approximate surface area is 79.9 Å². The molecule has 0 aliphatic carbocycles. The maximum atomic E-state index is 5.57. The first-order valence-electron chi connectivity index (χ1n) is 3.83. The van der Waals surface area contributed by atoms with E-state index in [1.165, 1.54) is 4.88 Å². The predicted octanol–water partition coefficient (Wildman–Crippen LogP) is 1.72. The molecule has 0 saturated carbocycles. The van der Waals surface area contributed by atoms with Crippen molar-refractivity contribution in [3.05, 3.63) is 22.4 Å². The van der Waals surface area contributed by atoms with Gasteiger partial charge in [0.2, 0.25) is 0 Å². The number of amidine groups is 1. The number of thiophene rings is 1. The molecule has 1 aliphatic rings. The Hall–Kier alpha value is -0.480. The third kappa shape index (κ3) is 1.81. The summed E-state index contributed by atoms with van der Waals surface area (Å²) in [7, 11) is 0. The Morgan fingerprint density at radius 3 is 3.17 bits per heavy atom. The normalized spacial score (nSPS) is 22.7. The highest BCUT2D eigenvalue weighted by molar-refractivity contribution is 8.14. The summed E-state index contributed by atoms with van der Waals surface area (Å²) in [5.41, 5.74) is 5.57. The summed E-state index contributed by atoms with van der Waals surface area (Å²) in [6, 6.07) is 4.64. The lowest BCUT2D eigenvalue weighted by molar-refractivity contribution is 0.771. The van der Waals surface area contributed by atoms with Crippen LogP contribution >= 0.6 is 23.1 Å². The number of aliphatic imine (C=N–C) groups is 1. The van der Waals surface area contributed by atoms with Crippen LogP contribution in [0.4, 0.5) is 0 Å². The SMILES string of the molecule is NC1=NC(Cc2cccs2)CS1. The Morgan fingerprint density at radius 2 is 2.58 bits per heavy atom. The number of hydrogen-bond donors (Lipinski definition) is 1. The van der Waals surface area contributed by atoms with Gasteiger partial charge in [0.15, 0.2) is 5.17 Å². The van der Waals surface area contributed by atoms with Crippen LogP contribution in [-0.2, 0) is 6.42 Å². The molecule has 2 rings (SSSR count). The van der Waals surface area contributed by atoms with E-state index in [0.717, 1.165) is 17.3 Å². The average Bonchev–Trinajstić information content (AvgIpc) is 2.63. The van der Waals surface area contributed by atoms with E-state index >= 15 is 0 Å². The molecule has 1 aromatic heterocycles. The number of nitrogens with zero attached hydrogens (tertiary/aromatic N) is 1. The van der Waals surface area contributed by atoms with Crippen LogP contribution in [0.15, 0.2) is 22.5 Å². The van der Waals surface area contributed by atoms with Crippen LogP contribution in [0.5, 0.6) is 0 Å². The molecule has 1 atom stereocenters. The lowest BCUT2D eigenvalue weighted by atomic mass is 10.2. The minimum atomic E-state index is 0.411. The molecule has 64 valence electrons. The largest absolute Gasteiger partial charge is 0.379 e.